The van der Waals surface area contributed by atoms with Crippen LogP contribution in [0.1, 0.15) is 40.4 Å². The van der Waals surface area contributed by atoms with Gasteiger partial charge in [-0.3, -0.25) is 14.0 Å². The van der Waals surface area contributed by atoms with Gasteiger partial charge < -0.3 is 16.0 Å². The summed E-state index contributed by atoms with van der Waals surface area (Å²) in [5.74, 6) is 0.476. The highest BCUT2D eigenvalue weighted by Crippen LogP contribution is 2.34. The molecule has 3 aromatic heterocycles. The number of pyridine rings is 1. The van der Waals surface area contributed by atoms with E-state index >= 15 is 0 Å². The van der Waals surface area contributed by atoms with E-state index in [4.69, 9.17) is 27.6 Å². The van der Waals surface area contributed by atoms with Crippen LogP contribution in [0.15, 0.2) is 61.4 Å². The molecule has 3 N–H and O–H groups in total. The number of nitrogens with zero attached hydrogens (tertiary/aromatic N) is 6. The molecule has 0 radical (unpaired) electrons. The number of nitrogen functional groups attached to an aromatic ring is 1. The first-order chi connectivity index (χ1) is 18.4. The number of carbonyl (C=O) groups excluding carboxylic acids is 2. The van der Waals surface area contributed by atoms with Gasteiger partial charge >= 0.3 is 0 Å². The van der Waals surface area contributed by atoms with E-state index in [0.717, 1.165) is 24.1 Å². The zero-order valence-corrected chi connectivity index (χ0v) is 21.0. The number of carbonyl (C=O) groups is 2. The second kappa shape index (κ2) is 10.3. The lowest BCUT2D eigenvalue weighted by Crippen LogP contribution is -2.38. The number of hydrogen-bond donors (Lipinski definition) is 2. The van der Waals surface area contributed by atoms with Crippen LogP contribution in [0, 0.1) is 11.3 Å². The third-order valence-electron chi connectivity index (χ3n) is 6.51. The number of piperidine rings is 1. The number of rotatable bonds is 5. The van der Waals surface area contributed by atoms with E-state index in [2.05, 4.69) is 21.9 Å². The number of aromatic nitrogens is 4. The van der Waals surface area contributed by atoms with Crippen molar-refractivity contribution >= 4 is 40.7 Å². The largest absolute Gasteiger partial charge is 0.369 e. The summed E-state index contributed by atoms with van der Waals surface area (Å²) < 4.78 is 1.76. The quantitative estimate of drug-likeness (QED) is 0.373. The predicted molar refractivity (Wildman–Crippen MR) is 144 cm³/mol. The third kappa shape index (κ3) is 4.67. The summed E-state index contributed by atoms with van der Waals surface area (Å²) in [6.07, 6.45) is 6.12. The number of likely N-dealkylation sites (tertiary alicyclic amines) is 1. The van der Waals surface area contributed by atoms with E-state index in [0.29, 0.717) is 30.0 Å². The van der Waals surface area contributed by atoms with Crippen molar-refractivity contribution in [1.29, 1.82) is 5.26 Å². The van der Waals surface area contributed by atoms with Crippen LogP contribution in [0.25, 0.3) is 16.9 Å². The lowest BCUT2D eigenvalue weighted by molar-refractivity contribution is -0.127. The topological polar surface area (TPSA) is 142 Å². The maximum absolute atomic E-state index is 12.9. The molecule has 1 aliphatic rings. The van der Waals surface area contributed by atoms with Gasteiger partial charge in [0.05, 0.1) is 33.4 Å². The summed E-state index contributed by atoms with van der Waals surface area (Å²) in [5, 5.41) is 11.9. The molecule has 10 nitrogen and oxygen atoms in total. The maximum Gasteiger partial charge on any atom is 0.258 e. The Morgan fingerprint density at radius 2 is 2.03 bits per heavy atom. The molecule has 1 aromatic carbocycles. The second-order valence-electron chi connectivity index (χ2n) is 8.86. The average molecular weight is 527 g/mol. The number of fused-ring (bicyclic) bond motifs is 1. The number of amides is 2. The maximum atomic E-state index is 12.9. The molecular formula is C27H23ClN8O2. The Kier molecular flexibility index (Phi) is 6.77. The highest BCUT2D eigenvalue weighted by molar-refractivity contribution is 6.34. The average Bonchev–Trinajstić information content (AvgIpc) is 3.33. The van der Waals surface area contributed by atoms with Gasteiger partial charge in [0.1, 0.15) is 11.6 Å². The molecule has 0 spiro atoms. The van der Waals surface area contributed by atoms with Crippen LogP contribution in [-0.2, 0) is 4.79 Å². The molecule has 5 rings (SSSR count). The van der Waals surface area contributed by atoms with Crippen LogP contribution in [0.3, 0.4) is 0 Å². The van der Waals surface area contributed by atoms with Crippen LogP contribution < -0.4 is 11.1 Å². The number of halogens is 1. The number of hydrogen-bond acceptors (Lipinski definition) is 7. The molecular weight excluding hydrogens is 504 g/mol. The number of nitrogens with one attached hydrogen (secondary N) is 1. The molecule has 1 saturated heterocycles. The second-order valence-corrected chi connectivity index (χ2v) is 9.27. The number of benzene rings is 1. The first kappa shape index (κ1) is 24.9. The van der Waals surface area contributed by atoms with Gasteiger partial charge in [-0.05, 0) is 49.2 Å². The van der Waals surface area contributed by atoms with Crippen molar-refractivity contribution < 1.29 is 9.59 Å². The number of nitriles is 1. The molecule has 1 unspecified atom stereocenters. The molecule has 190 valence electrons. The molecule has 11 heteroatoms. The fourth-order valence-electron chi connectivity index (χ4n) is 4.70. The van der Waals surface area contributed by atoms with Gasteiger partial charge in [0, 0.05) is 37.0 Å². The summed E-state index contributed by atoms with van der Waals surface area (Å²) in [4.78, 5) is 40.1. The van der Waals surface area contributed by atoms with E-state index in [9.17, 15) is 9.59 Å². The minimum atomic E-state index is -0.465. The van der Waals surface area contributed by atoms with Crippen molar-refractivity contribution in [3.63, 3.8) is 0 Å². The number of anilines is 2. The SMILES string of the molecule is C=CC(=O)N1CCCC(c2nc(-c3ccc(C(=O)Nc4cc(C#N)ccn4)c(Cl)c3)n3c(N)nccc23)C1. The van der Waals surface area contributed by atoms with Gasteiger partial charge in [-0.2, -0.15) is 5.26 Å². The van der Waals surface area contributed by atoms with Crippen molar-refractivity contribution in [2.75, 3.05) is 24.1 Å². The highest BCUT2D eigenvalue weighted by atomic mass is 35.5. The number of imidazole rings is 1. The molecule has 0 aliphatic carbocycles. The van der Waals surface area contributed by atoms with Gasteiger partial charge in [0.25, 0.3) is 5.91 Å². The lowest BCUT2D eigenvalue weighted by Gasteiger charge is -2.31. The fraction of sp³-hybridized carbons (Fsp3) is 0.185. The van der Waals surface area contributed by atoms with Crippen LogP contribution in [0.2, 0.25) is 5.02 Å². The summed E-state index contributed by atoms with van der Waals surface area (Å²) in [5.41, 5.74) is 9.14. The van der Waals surface area contributed by atoms with Crippen molar-refractivity contribution in [3.05, 3.63) is 83.3 Å². The molecule has 1 aliphatic heterocycles. The van der Waals surface area contributed by atoms with E-state index in [-0.39, 0.29) is 34.2 Å². The Balaban J connectivity index is 1.49. The minimum Gasteiger partial charge on any atom is -0.369 e. The summed E-state index contributed by atoms with van der Waals surface area (Å²) in [6, 6.07) is 11.9. The Morgan fingerprint density at radius 3 is 2.79 bits per heavy atom. The Hall–Kier alpha value is -4.75. The van der Waals surface area contributed by atoms with E-state index in [1.165, 1.54) is 18.3 Å². The summed E-state index contributed by atoms with van der Waals surface area (Å²) in [7, 11) is 0. The molecule has 0 saturated carbocycles. The zero-order chi connectivity index (χ0) is 26.8. The minimum absolute atomic E-state index is 0.00963. The molecule has 1 fully saturated rings. The fourth-order valence-corrected chi connectivity index (χ4v) is 4.96. The highest BCUT2D eigenvalue weighted by Gasteiger charge is 2.28. The Bertz CT molecular complexity index is 1620. The first-order valence-corrected chi connectivity index (χ1v) is 12.3. The predicted octanol–water partition coefficient (Wildman–Crippen LogP) is 4.04. The molecule has 4 aromatic rings. The first-order valence-electron chi connectivity index (χ1n) is 11.9. The standard InChI is InChI=1S/C27H23ClN8O2/c1-2-23(37)35-11-3-4-18(15-35)24-21-8-10-32-27(30)36(21)25(34-24)17-5-6-19(20(28)13-17)26(38)33-22-12-16(14-29)7-9-31-22/h2,5-10,12-13,18H,1,3-4,11,15H2,(H2,30,32)(H,31,33,38). The molecule has 2 amide bonds. The number of nitrogens with two attached hydrogens (primary N) is 1. The zero-order valence-electron chi connectivity index (χ0n) is 20.3. The summed E-state index contributed by atoms with van der Waals surface area (Å²) >= 11 is 6.54. The molecule has 0 bridgehead atoms. The van der Waals surface area contributed by atoms with Gasteiger partial charge in [0.2, 0.25) is 11.9 Å². The van der Waals surface area contributed by atoms with E-state index in [1.807, 2.05) is 12.1 Å². The monoisotopic (exact) mass is 526 g/mol. The van der Waals surface area contributed by atoms with Gasteiger partial charge in [-0.1, -0.05) is 24.2 Å². The molecule has 4 heterocycles. The van der Waals surface area contributed by atoms with Gasteiger partial charge in [-0.25, -0.2) is 15.0 Å². The Labute approximate surface area is 223 Å². The Morgan fingerprint density at radius 1 is 1.21 bits per heavy atom. The normalized spacial score (nSPS) is 15.2. The van der Waals surface area contributed by atoms with Crippen LogP contribution in [0.5, 0.6) is 0 Å². The van der Waals surface area contributed by atoms with E-state index in [1.54, 1.807) is 39.8 Å². The van der Waals surface area contributed by atoms with Gasteiger partial charge in [0.15, 0.2) is 0 Å². The van der Waals surface area contributed by atoms with Crippen LogP contribution >= 0.6 is 11.6 Å². The van der Waals surface area contributed by atoms with Crippen molar-refractivity contribution in [2.24, 2.45) is 0 Å². The molecule has 1 atom stereocenters. The van der Waals surface area contributed by atoms with E-state index < -0.39 is 5.91 Å². The molecule has 38 heavy (non-hydrogen) atoms. The lowest BCUT2D eigenvalue weighted by atomic mass is 9.94. The van der Waals surface area contributed by atoms with Crippen molar-refractivity contribution in [3.8, 4) is 17.5 Å². The smallest absolute Gasteiger partial charge is 0.258 e. The van der Waals surface area contributed by atoms with Gasteiger partial charge in [-0.15, -0.1) is 0 Å². The third-order valence-corrected chi connectivity index (χ3v) is 6.82. The van der Waals surface area contributed by atoms with Crippen LogP contribution in [-0.4, -0.2) is 49.2 Å². The van der Waals surface area contributed by atoms with Crippen LogP contribution in [0.4, 0.5) is 11.8 Å². The van der Waals surface area contributed by atoms with Crippen molar-refractivity contribution in [1.82, 2.24) is 24.3 Å². The van der Waals surface area contributed by atoms with Crippen molar-refractivity contribution in [2.45, 2.75) is 18.8 Å². The summed E-state index contributed by atoms with van der Waals surface area (Å²) in [6.45, 7) is 4.81.